The van der Waals surface area contributed by atoms with Crippen molar-refractivity contribution >= 4 is 46.1 Å². The van der Waals surface area contributed by atoms with Gasteiger partial charge in [-0.15, -0.1) is 0 Å². The molecule has 0 bridgehead atoms. The quantitative estimate of drug-likeness (QED) is 0.249. The summed E-state index contributed by atoms with van der Waals surface area (Å²) in [6.07, 6.45) is -1.52. The number of alkyl halides is 3. The van der Waals surface area contributed by atoms with Crippen LogP contribution in [-0.2, 0) is 9.47 Å². The Labute approximate surface area is 312 Å². The Bertz CT molecular complexity index is 2300. The van der Waals surface area contributed by atoms with Crippen LogP contribution in [-0.4, -0.2) is 103 Å². The molecule has 4 fully saturated rings. The average Bonchev–Trinajstić information content (AvgIpc) is 3.46. The molecule has 11 nitrogen and oxygen atoms in total. The summed E-state index contributed by atoms with van der Waals surface area (Å²) in [6, 6.07) is 1.55. The number of halogens is 6. The first-order chi connectivity index (χ1) is 27.2. The first-order valence-corrected chi connectivity index (χ1v) is 17.6. The van der Waals surface area contributed by atoms with E-state index in [0.29, 0.717) is 19.0 Å². The van der Waals surface area contributed by atoms with Gasteiger partial charge in [0.25, 0.3) is 0 Å². The van der Waals surface area contributed by atoms with Gasteiger partial charge >= 0.3 is 12.1 Å². The molecule has 8 rings (SSSR count). The number of hydrogen-bond acceptors (Lipinski definition) is 10. The maximum absolute atomic E-state index is 17.4. The normalized spacial score (nSPS) is 28.1. The van der Waals surface area contributed by atoms with Crippen molar-refractivity contribution in [2.45, 2.75) is 69.6 Å². The maximum atomic E-state index is 17.4. The number of carbonyl (C=O) groups excluding carboxylic acids is 1. The Morgan fingerprint density at radius 2 is 1.96 bits per heavy atom. The minimum absolute atomic E-state index is 0.00378. The number of rotatable bonds is 8. The van der Waals surface area contributed by atoms with E-state index in [0.717, 1.165) is 17.0 Å². The number of amides is 1. The lowest BCUT2D eigenvalue weighted by Crippen LogP contribution is -2.47. The van der Waals surface area contributed by atoms with Crippen LogP contribution in [0.4, 0.5) is 48.3 Å². The van der Waals surface area contributed by atoms with Gasteiger partial charge < -0.3 is 28.7 Å². The monoisotopic (exact) mass is 766 g/mol. The molecule has 2 aromatic carbocycles. The number of aromatic nitrogens is 2. The number of hydrogen-bond donors (Lipinski definition) is 1. The molecule has 0 spiro atoms. The number of anilines is 3. The van der Waals surface area contributed by atoms with Crippen LogP contribution >= 0.6 is 0 Å². The van der Waals surface area contributed by atoms with Crippen molar-refractivity contribution in [3.8, 4) is 11.8 Å². The molecule has 1 amide bonds. The minimum atomic E-state index is -4.04. The second kappa shape index (κ2) is 13.7. The van der Waals surface area contributed by atoms with Gasteiger partial charge in [-0.1, -0.05) is 6.08 Å². The van der Waals surface area contributed by atoms with Crippen molar-refractivity contribution in [2.75, 3.05) is 67.9 Å². The third-order valence-electron chi connectivity index (χ3n) is 10.3. The van der Waals surface area contributed by atoms with Crippen LogP contribution in [0.2, 0.25) is 0 Å². The molecule has 3 saturated heterocycles. The molecule has 1 aliphatic carbocycles. The molecule has 1 saturated carbocycles. The standard InChI is InChI=1S/C37H40F6N6O5/c1-36(2,3)54-35(50)44-21-11-19-12-24(40)28(42)31(53-18-38)26(19)25(13-21)48-8-5-22-29(32(48)43)45-34(52-17-37-6-4-7-47(37)15-20(39)14-37)46-33(22)49-9-10-51-16-23-27(41)30(23)49/h5,11-13,20,23,27,30H,4,6-10,14-18H2,1-3H3,(H,44,50)/t20-,23+,27+,30+,37+/m1/s1/i17D2,18D2. The van der Waals surface area contributed by atoms with E-state index in [4.69, 9.17) is 19.7 Å². The van der Waals surface area contributed by atoms with E-state index >= 15 is 17.6 Å². The maximum Gasteiger partial charge on any atom is 0.412 e. The predicted molar refractivity (Wildman–Crippen MR) is 187 cm³/mol. The number of benzene rings is 2. The molecule has 0 radical (unpaired) electrons. The highest BCUT2D eigenvalue weighted by Gasteiger charge is 2.56. The number of ether oxygens (including phenoxy) is 4. The first-order valence-electron chi connectivity index (χ1n) is 19.6. The predicted octanol–water partition coefficient (Wildman–Crippen LogP) is 5.03. The zero-order chi connectivity index (χ0) is 41.7. The van der Waals surface area contributed by atoms with Crippen molar-refractivity contribution in [3.63, 3.8) is 0 Å². The third kappa shape index (κ3) is 6.52. The van der Waals surface area contributed by atoms with Crippen molar-refractivity contribution in [2.24, 2.45) is 5.92 Å². The summed E-state index contributed by atoms with van der Waals surface area (Å²) in [7, 11) is 0. The number of nitrogens with zero attached hydrogens (tertiary/aromatic N) is 5. The lowest BCUT2D eigenvalue weighted by molar-refractivity contribution is 0.0636. The lowest BCUT2D eigenvalue weighted by Gasteiger charge is -2.31. The Hall–Kier alpha value is -4.51. The minimum Gasteiger partial charge on any atom is -0.461 e. The molecule has 54 heavy (non-hydrogen) atoms. The highest BCUT2D eigenvalue weighted by atomic mass is 19.2. The van der Waals surface area contributed by atoms with E-state index in [1.54, 1.807) is 30.6 Å². The average molecular weight is 767 g/mol. The van der Waals surface area contributed by atoms with Crippen LogP contribution in [0.25, 0.3) is 22.8 Å². The van der Waals surface area contributed by atoms with Gasteiger partial charge in [-0.3, -0.25) is 10.2 Å². The van der Waals surface area contributed by atoms with Gasteiger partial charge in [0, 0.05) is 42.9 Å². The zero-order valence-electron chi connectivity index (χ0n) is 33.5. The fraction of sp³-hybridized carbons (Fsp3) is 0.541. The van der Waals surface area contributed by atoms with Crippen molar-refractivity contribution < 1.29 is 55.6 Å². The summed E-state index contributed by atoms with van der Waals surface area (Å²) in [5.74, 6) is -6.36. The number of carbonyl (C=O) groups is 1. The van der Waals surface area contributed by atoms with Crippen molar-refractivity contribution in [3.05, 3.63) is 40.4 Å². The summed E-state index contributed by atoms with van der Waals surface area (Å²) < 4.78 is 147. The van der Waals surface area contributed by atoms with E-state index in [1.807, 2.05) is 0 Å². The first kappa shape index (κ1) is 31.8. The van der Waals surface area contributed by atoms with E-state index < -0.39 is 102 Å². The van der Waals surface area contributed by atoms with Crippen molar-refractivity contribution in [1.82, 2.24) is 14.9 Å². The number of nitrogens with one attached hydrogen (secondary N) is 1. The summed E-state index contributed by atoms with van der Waals surface area (Å²) in [5, 5.41) is 1.22. The largest absolute Gasteiger partial charge is 0.461 e. The van der Waals surface area contributed by atoms with E-state index in [2.05, 4.69) is 20.0 Å². The molecule has 5 atom stereocenters. The fourth-order valence-corrected chi connectivity index (χ4v) is 8.00. The Morgan fingerprint density at radius 1 is 1.15 bits per heavy atom. The highest BCUT2D eigenvalue weighted by molar-refractivity contribution is 6.05. The summed E-state index contributed by atoms with van der Waals surface area (Å²) >= 11 is 0. The molecule has 1 aromatic heterocycles. The zero-order valence-corrected chi connectivity index (χ0v) is 29.5. The summed E-state index contributed by atoms with van der Waals surface area (Å²) in [5.41, 5.74) is -2.86. The molecule has 290 valence electrons. The summed E-state index contributed by atoms with van der Waals surface area (Å²) in [6.45, 7) is -1.46. The van der Waals surface area contributed by atoms with Gasteiger partial charge in [-0.05, 0) is 63.7 Å². The SMILES string of the molecule is [2H]C([2H])(F)Oc1c(F)c(F)cc2cc(NC(=O)OC(C)(C)C)cc(N3CC=c4c(N5CCOC[C@H]6[C@H](F)[C@H]65)nc(OC([2H])([2H])[C@@]56CCCN5C[C@H](F)C6)nc4=C3F)c12. The van der Waals surface area contributed by atoms with Crippen LogP contribution in [0.1, 0.15) is 45.5 Å². The molecule has 5 heterocycles. The smallest absolute Gasteiger partial charge is 0.412 e. The van der Waals surface area contributed by atoms with Gasteiger partial charge in [0.15, 0.2) is 11.6 Å². The van der Waals surface area contributed by atoms with Crippen LogP contribution in [0.5, 0.6) is 11.8 Å². The van der Waals surface area contributed by atoms with Gasteiger partial charge in [-0.2, -0.15) is 18.7 Å². The molecule has 0 unspecified atom stereocenters. The van der Waals surface area contributed by atoms with Gasteiger partial charge in [0.2, 0.25) is 18.6 Å². The van der Waals surface area contributed by atoms with Crippen LogP contribution < -0.4 is 35.2 Å². The molecular weight excluding hydrogens is 722 g/mol. The van der Waals surface area contributed by atoms with E-state index in [9.17, 15) is 13.6 Å². The fourth-order valence-electron chi connectivity index (χ4n) is 8.00. The number of fused-ring (bicyclic) bond motifs is 4. The molecule has 1 N–H and O–H groups in total. The molecule has 3 aromatic rings. The Morgan fingerprint density at radius 3 is 2.74 bits per heavy atom. The van der Waals surface area contributed by atoms with E-state index in [1.165, 1.54) is 6.08 Å². The van der Waals surface area contributed by atoms with Crippen LogP contribution in [0.3, 0.4) is 0 Å². The Balaban J connectivity index is 1.32. The second-order valence-corrected chi connectivity index (χ2v) is 15.1. The molecular formula is C37H40F6N6O5. The summed E-state index contributed by atoms with van der Waals surface area (Å²) in [4.78, 5) is 25.8. The van der Waals surface area contributed by atoms with Crippen LogP contribution in [0.15, 0.2) is 18.2 Å². The molecule has 4 aliphatic heterocycles. The van der Waals surface area contributed by atoms with Crippen LogP contribution in [0, 0.1) is 17.6 Å². The second-order valence-electron chi connectivity index (χ2n) is 15.1. The van der Waals surface area contributed by atoms with Gasteiger partial charge in [0.1, 0.15) is 38.4 Å². The lowest BCUT2D eigenvalue weighted by atomic mass is 9.95. The van der Waals surface area contributed by atoms with Crippen molar-refractivity contribution in [1.29, 1.82) is 0 Å². The topological polar surface area (TPSA) is 102 Å². The van der Waals surface area contributed by atoms with Gasteiger partial charge in [-0.25, -0.2) is 22.4 Å². The Kier molecular flexibility index (Phi) is 8.04. The molecule has 17 heteroatoms. The van der Waals surface area contributed by atoms with E-state index in [-0.39, 0.29) is 66.9 Å². The third-order valence-corrected chi connectivity index (χ3v) is 10.3. The molecule has 5 aliphatic rings. The van der Waals surface area contributed by atoms with Gasteiger partial charge in [0.05, 0.1) is 38.6 Å². The highest BCUT2D eigenvalue weighted by Crippen LogP contribution is 2.44.